The van der Waals surface area contributed by atoms with E-state index in [1.54, 1.807) is 29.8 Å². The summed E-state index contributed by atoms with van der Waals surface area (Å²) in [5.74, 6) is 1.60. The number of aromatic nitrogens is 2. The number of hydrogen-bond acceptors (Lipinski definition) is 6. The number of hydrogen-bond donors (Lipinski definition) is 1. The van der Waals surface area contributed by atoms with Crippen LogP contribution in [0.1, 0.15) is 40.1 Å². The van der Waals surface area contributed by atoms with Crippen LogP contribution >= 0.6 is 22.7 Å². The van der Waals surface area contributed by atoms with Crippen molar-refractivity contribution in [2.45, 2.75) is 51.7 Å². The van der Waals surface area contributed by atoms with Gasteiger partial charge in [-0.1, -0.05) is 18.2 Å². The second-order valence-corrected chi connectivity index (χ2v) is 10.6. The Bertz CT molecular complexity index is 1260. The largest absolute Gasteiger partial charge is 0.497 e. The molecule has 1 N–H and O–H groups in total. The van der Waals surface area contributed by atoms with Gasteiger partial charge in [0.25, 0.3) is 5.56 Å². The van der Waals surface area contributed by atoms with Gasteiger partial charge >= 0.3 is 0 Å². The predicted molar refractivity (Wildman–Crippen MR) is 132 cm³/mol. The summed E-state index contributed by atoms with van der Waals surface area (Å²) >= 11 is 3.49. The summed E-state index contributed by atoms with van der Waals surface area (Å²) in [6.07, 6.45) is 4.19. The summed E-state index contributed by atoms with van der Waals surface area (Å²) in [5.41, 5.74) is 2.45. The van der Waals surface area contributed by atoms with Crippen molar-refractivity contribution in [3.63, 3.8) is 0 Å². The van der Waals surface area contributed by atoms with Gasteiger partial charge in [0.1, 0.15) is 16.4 Å². The van der Waals surface area contributed by atoms with Crippen LogP contribution in [0.15, 0.2) is 46.6 Å². The van der Waals surface area contributed by atoms with Crippen LogP contribution in [-0.4, -0.2) is 28.0 Å². The first kappa shape index (κ1) is 21.4. The molecule has 0 saturated carbocycles. The Morgan fingerprint density at radius 2 is 2.03 bits per heavy atom. The molecular weight excluding hydrogens is 438 g/mol. The minimum absolute atomic E-state index is 0.0136. The van der Waals surface area contributed by atoms with Crippen LogP contribution in [0, 0.1) is 0 Å². The van der Waals surface area contributed by atoms with Crippen molar-refractivity contribution in [1.29, 1.82) is 0 Å². The fourth-order valence-corrected chi connectivity index (χ4v) is 6.60. The molecule has 1 aliphatic rings. The number of methoxy groups -OCH3 is 1. The van der Waals surface area contributed by atoms with Gasteiger partial charge in [-0.05, 0) is 67.3 Å². The average Bonchev–Trinajstić information content (AvgIpc) is 3.51. The molecule has 0 fully saturated rings. The summed E-state index contributed by atoms with van der Waals surface area (Å²) in [4.78, 5) is 26.9. The van der Waals surface area contributed by atoms with E-state index in [0.29, 0.717) is 12.6 Å². The van der Waals surface area contributed by atoms with Gasteiger partial charge in [0.15, 0.2) is 0 Å². The Hall–Kier alpha value is -2.48. The molecule has 7 heteroatoms. The van der Waals surface area contributed by atoms with Crippen LogP contribution in [-0.2, 0) is 32.4 Å². The lowest BCUT2D eigenvalue weighted by Crippen LogP contribution is -2.34. The highest BCUT2D eigenvalue weighted by Crippen LogP contribution is 2.34. The molecule has 0 radical (unpaired) electrons. The van der Waals surface area contributed by atoms with E-state index in [1.807, 2.05) is 12.1 Å². The molecule has 5 rings (SSSR count). The van der Waals surface area contributed by atoms with E-state index >= 15 is 0 Å². The summed E-state index contributed by atoms with van der Waals surface area (Å²) in [6.45, 7) is 3.63. The van der Waals surface area contributed by atoms with E-state index < -0.39 is 0 Å². The Kier molecular flexibility index (Phi) is 6.13. The van der Waals surface area contributed by atoms with Crippen molar-refractivity contribution in [2.24, 2.45) is 0 Å². The van der Waals surface area contributed by atoms with E-state index in [0.717, 1.165) is 54.0 Å². The van der Waals surface area contributed by atoms with Gasteiger partial charge in [0, 0.05) is 22.3 Å². The number of benzene rings is 1. The molecule has 4 aromatic rings. The first-order valence-electron chi connectivity index (χ1n) is 11.0. The summed E-state index contributed by atoms with van der Waals surface area (Å²) in [5, 5.41) is 2.94. The summed E-state index contributed by atoms with van der Waals surface area (Å²) in [7, 11) is 1.68. The number of nitrogens with zero attached hydrogens (tertiary/aromatic N) is 2. The molecule has 3 aromatic heterocycles. The first-order valence-corrected chi connectivity index (χ1v) is 12.7. The van der Waals surface area contributed by atoms with Gasteiger partial charge in [0.2, 0.25) is 0 Å². The summed E-state index contributed by atoms with van der Waals surface area (Å²) in [6, 6.07) is 12.8. The minimum Gasteiger partial charge on any atom is -0.497 e. The van der Waals surface area contributed by atoms with Crippen LogP contribution in [0.2, 0.25) is 0 Å². The molecule has 3 heterocycles. The fraction of sp³-hybridized carbons (Fsp3) is 0.360. The number of thiophene rings is 2. The second-order valence-electron chi connectivity index (χ2n) is 8.44. The van der Waals surface area contributed by atoms with Crippen molar-refractivity contribution >= 4 is 32.9 Å². The maximum Gasteiger partial charge on any atom is 0.259 e. The predicted octanol–water partition coefficient (Wildman–Crippen LogP) is 5.18. The van der Waals surface area contributed by atoms with E-state index in [1.165, 1.54) is 20.9 Å². The molecule has 5 nitrogen and oxygen atoms in total. The van der Waals surface area contributed by atoms with Crippen molar-refractivity contribution in [1.82, 2.24) is 14.9 Å². The highest BCUT2D eigenvalue weighted by molar-refractivity contribution is 7.18. The molecule has 0 spiro atoms. The third kappa shape index (κ3) is 4.37. The molecule has 0 amide bonds. The zero-order chi connectivity index (χ0) is 22.1. The molecule has 1 atom stereocenters. The Morgan fingerprint density at radius 1 is 1.19 bits per heavy atom. The van der Waals surface area contributed by atoms with Crippen molar-refractivity contribution < 1.29 is 4.74 Å². The molecule has 0 saturated heterocycles. The van der Waals surface area contributed by atoms with E-state index in [-0.39, 0.29) is 5.56 Å². The molecule has 1 unspecified atom stereocenters. The standard InChI is InChI=1S/C25H27N3O2S2/c1-16(13-19-5-4-12-31-19)28(14-17-8-10-18(30-2)11-9-17)15-22-26-24(29)23-20-6-3-7-21(20)32-25(23)27-22/h4-5,8-12,16H,3,6-7,13-15H2,1-2H3,(H,26,27,29). The second kappa shape index (κ2) is 9.17. The maximum atomic E-state index is 12.9. The highest BCUT2D eigenvalue weighted by Gasteiger charge is 2.22. The Morgan fingerprint density at radius 3 is 2.78 bits per heavy atom. The van der Waals surface area contributed by atoms with Gasteiger partial charge in [-0.2, -0.15) is 0 Å². The van der Waals surface area contributed by atoms with E-state index in [2.05, 4.69) is 46.5 Å². The van der Waals surface area contributed by atoms with Gasteiger partial charge in [0.05, 0.1) is 19.0 Å². The minimum atomic E-state index is 0.0136. The van der Waals surface area contributed by atoms with Crippen LogP contribution < -0.4 is 10.3 Å². The third-order valence-corrected chi connectivity index (χ3v) is 8.31. The number of rotatable bonds is 8. The topological polar surface area (TPSA) is 58.2 Å². The SMILES string of the molecule is COc1ccc(CN(Cc2nc3sc4c(c3c(=O)[nH]2)CCC4)C(C)Cc2cccs2)cc1. The third-order valence-electron chi connectivity index (χ3n) is 6.22. The average molecular weight is 466 g/mol. The lowest BCUT2D eigenvalue weighted by Gasteiger charge is -2.28. The van der Waals surface area contributed by atoms with Gasteiger partial charge in [-0.25, -0.2) is 4.98 Å². The number of aromatic amines is 1. The normalized spacial score (nSPS) is 14.2. The van der Waals surface area contributed by atoms with Crippen LogP contribution in [0.3, 0.4) is 0 Å². The van der Waals surface area contributed by atoms with Crippen molar-refractivity contribution in [3.05, 3.63) is 78.8 Å². The van der Waals surface area contributed by atoms with Gasteiger partial charge in [-0.3, -0.25) is 9.69 Å². The molecule has 32 heavy (non-hydrogen) atoms. The van der Waals surface area contributed by atoms with E-state index in [9.17, 15) is 4.79 Å². The monoisotopic (exact) mass is 465 g/mol. The highest BCUT2D eigenvalue weighted by atomic mass is 32.1. The Labute approximate surface area is 195 Å². The van der Waals surface area contributed by atoms with Gasteiger partial charge < -0.3 is 9.72 Å². The lowest BCUT2D eigenvalue weighted by atomic mass is 10.1. The molecule has 1 aromatic carbocycles. The maximum absolute atomic E-state index is 12.9. The number of nitrogens with one attached hydrogen (secondary N) is 1. The van der Waals surface area contributed by atoms with Crippen molar-refractivity contribution in [2.75, 3.05) is 7.11 Å². The number of ether oxygens (including phenoxy) is 1. The van der Waals surface area contributed by atoms with Crippen LogP contribution in [0.25, 0.3) is 10.2 Å². The first-order chi connectivity index (χ1) is 15.6. The van der Waals surface area contributed by atoms with Crippen LogP contribution in [0.4, 0.5) is 0 Å². The zero-order valence-corrected chi connectivity index (χ0v) is 20.0. The molecule has 1 aliphatic carbocycles. The molecular formula is C25H27N3O2S2. The lowest BCUT2D eigenvalue weighted by molar-refractivity contribution is 0.185. The number of aryl methyl sites for hydroxylation is 2. The smallest absolute Gasteiger partial charge is 0.259 e. The quantitative estimate of drug-likeness (QED) is 0.390. The van der Waals surface area contributed by atoms with Crippen LogP contribution in [0.5, 0.6) is 5.75 Å². The fourth-order valence-electron chi connectivity index (χ4n) is 4.50. The zero-order valence-electron chi connectivity index (χ0n) is 18.4. The Balaban J connectivity index is 1.43. The molecule has 0 bridgehead atoms. The van der Waals surface area contributed by atoms with E-state index in [4.69, 9.17) is 9.72 Å². The number of fused-ring (bicyclic) bond motifs is 3. The summed E-state index contributed by atoms with van der Waals surface area (Å²) < 4.78 is 5.31. The van der Waals surface area contributed by atoms with Gasteiger partial charge in [-0.15, -0.1) is 22.7 Å². The van der Waals surface area contributed by atoms with Crippen molar-refractivity contribution in [3.8, 4) is 5.75 Å². The molecule has 166 valence electrons. The number of H-pyrrole nitrogens is 1. The molecule has 0 aliphatic heterocycles.